The van der Waals surface area contributed by atoms with Crippen LogP contribution in [0.4, 0.5) is 0 Å². The van der Waals surface area contributed by atoms with Crippen molar-refractivity contribution in [1.82, 2.24) is 4.90 Å². The first kappa shape index (κ1) is 11.9. The second-order valence-corrected chi connectivity index (χ2v) is 5.42. The minimum Gasteiger partial charge on any atom is -0.342 e. The van der Waals surface area contributed by atoms with Gasteiger partial charge in [-0.05, 0) is 38.1 Å². The Morgan fingerprint density at radius 1 is 1.19 bits per heavy atom. The van der Waals surface area contributed by atoms with Gasteiger partial charge in [-0.2, -0.15) is 0 Å². The Bertz CT molecular complexity index is 248. The van der Waals surface area contributed by atoms with Crippen LogP contribution in [0.5, 0.6) is 0 Å². The summed E-state index contributed by atoms with van der Waals surface area (Å²) in [6, 6.07) is 0.415. The molecular formula is C13H24N2O. The van der Waals surface area contributed by atoms with Crippen molar-refractivity contribution in [2.45, 2.75) is 51.0 Å². The first-order valence-corrected chi connectivity index (χ1v) is 6.70. The Kier molecular flexibility index (Phi) is 3.85. The van der Waals surface area contributed by atoms with Crippen LogP contribution in [0.2, 0.25) is 0 Å². The highest BCUT2D eigenvalue weighted by Gasteiger charge is 2.34. The minimum absolute atomic E-state index is 0.309. The molecule has 3 heteroatoms. The fraction of sp³-hybridized carbons (Fsp3) is 0.923. The summed E-state index contributed by atoms with van der Waals surface area (Å²) in [7, 11) is 1.99. The lowest BCUT2D eigenvalue weighted by Gasteiger charge is -2.31. The molecule has 0 aliphatic heterocycles. The Morgan fingerprint density at radius 2 is 1.88 bits per heavy atom. The maximum absolute atomic E-state index is 12.3. The van der Waals surface area contributed by atoms with Gasteiger partial charge in [0.25, 0.3) is 0 Å². The van der Waals surface area contributed by atoms with E-state index in [1.54, 1.807) is 0 Å². The van der Waals surface area contributed by atoms with Gasteiger partial charge in [-0.1, -0.05) is 19.3 Å². The van der Waals surface area contributed by atoms with E-state index in [1.807, 2.05) is 11.9 Å². The molecule has 0 heterocycles. The van der Waals surface area contributed by atoms with E-state index in [1.165, 1.54) is 25.7 Å². The monoisotopic (exact) mass is 224 g/mol. The van der Waals surface area contributed by atoms with Gasteiger partial charge in [0.15, 0.2) is 0 Å². The van der Waals surface area contributed by atoms with Crippen molar-refractivity contribution in [3.63, 3.8) is 0 Å². The number of nitrogens with two attached hydrogens (primary N) is 1. The third-order valence-corrected chi connectivity index (χ3v) is 4.47. The molecule has 2 saturated carbocycles. The molecule has 0 aromatic carbocycles. The maximum Gasteiger partial charge on any atom is 0.225 e. The third-order valence-electron chi connectivity index (χ3n) is 4.47. The molecule has 3 nitrogen and oxygen atoms in total. The Hall–Kier alpha value is -0.570. The van der Waals surface area contributed by atoms with E-state index >= 15 is 0 Å². The van der Waals surface area contributed by atoms with Crippen LogP contribution in [0.3, 0.4) is 0 Å². The SMILES string of the molecule is CN(C(=O)C1CCCC1)C1CCCC1CN. The summed E-state index contributed by atoms with van der Waals surface area (Å²) in [4.78, 5) is 14.3. The smallest absolute Gasteiger partial charge is 0.225 e. The number of nitrogens with zero attached hydrogens (tertiary/aromatic N) is 1. The topological polar surface area (TPSA) is 46.3 Å². The molecule has 0 radical (unpaired) electrons. The fourth-order valence-electron chi connectivity index (χ4n) is 3.43. The van der Waals surface area contributed by atoms with E-state index in [-0.39, 0.29) is 0 Å². The lowest BCUT2D eigenvalue weighted by atomic mass is 10.00. The molecule has 2 N–H and O–H groups in total. The van der Waals surface area contributed by atoms with Crippen LogP contribution in [0, 0.1) is 11.8 Å². The maximum atomic E-state index is 12.3. The molecule has 2 fully saturated rings. The first-order chi connectivity index (χ1) is 7.74. The molecule has 0 saturated heterocycles. The van der Waals surface area contributed by atoms with E-state index in [0.717, 1.165) is 25.8 Å². The van der Waals surface area contributed by atoms with E-state index in [9.17, 15) is 4.79 Å². The number of rotatable bonds is 3. The van der Waals surface area contributed by atoms with Gasteiger partial charge in [-0.15, -0.1) is 0 Å². The summed E-state index contributed by atoms with van der Waals surface area (Å²) in [5.41, 5.74) is 5.78. The van der Waals surface area contributed by atoms with Crippen molar-refractivity contribution in [3.05, 3.63) is 0 Å². The first-order valence-electron chi connectivity index (χ1n) is 6.70. The van der Waals surface area contributed by atoms with E-state index in [0.29, 0.717) is 23.8 Å². The zero-order chi connectivity index (χ0) is 11.5. The van der Waals surface area contributed by atoms with Crippen LogP contribution in [-0.2, 0) is 4.79 Å². The minimum atomic E-state index is 0.309. The molecule has 2 aliphatic carbocycles. The summed E-state index contributed by atoms with van der Waals surface area (Å²) in [5, 5.41) is 0. The third kappa shape index (κ3) is 2.24. The molecule has 2 aliphatic rings. The quantitative estimate of drug-likeness (QED) is 0.794. The van der Waals surface area contributed by atoms with Gasteiger partial charge in [0.1, 0.15) is 0 Å². The van der Waals surface area contributed by atoms with Crippen molar-refractivity contribution < 1.29 is 4.79 Å². The van der Waals surface area contributed by atoms with Crippen LogP contribution in [0.25, 0.3) is 0 Å². The van der Waals surface area contributed by atoms with Gasteiger partial charge in [0, 0.05) is 19.0 Å². The van der Waals surface area contributed by atoms with Crippen molar-refractivity contribution in [3.8, 4) is 0 Å². The highest BCUT2D eigenvalue weighted by atomic mass is 16.2. The highest BCUT2D eigenvalue weighted by Crippen LogP contribution is 2.32. The number of carbonyl (C=O) groups is 1. The Labute approximate surface area is 98.4 Å². The second kappa shape index (κ2) is 5.17. The molecule has 0 aromatic heterocycles. The predicted molar refractivity (Wildman–Crippen MR) is 64.9 cm³/mol. The van der Waals surface area contributed by atoms with Crippen molar-refractivity contribution in [2.75, 3.05) is 13.6 Å². The summed E-state index contributed by atoms with van der Waals surface area (Å²) in [5.74, 6) is 1.22. The molecule has 2 atom stereocenters. The van der Waals surface area contributed by atoms with Crippen molar-refractivity contribution >= 4 is 5.91 Å². The normalized spacial score (nSPS) is 30.9. The molecule has 0 aromatic rings. The summed E-state index contributed by atoms with van der Waals surface area (Å²) in [6.45, 7) is 0.729. The largest absolute Gasteiger partial charge is 0.342 e. The van der Waals surface area contributed by atoms with Crippen molar-refractivity contribution in [1.29, 1.82) is 0 Å². The molecule has 16 heavy (non-hydrogen) atoms. The summed E-state index contributed by atoms with van der Waals surface area (Å²) in [6.07, 6.45) is 8.24. The number of carbonyl (C=O) groups excluding carboxylic acids is 1. The predicted octanol–water partition coefficient (Wildman–Crippen LogP) is 1.76. The number of amides is 1. The Morgan fingerprint density at radius 3 is 2.50 bits per heavy atom. The highest BCUT2D eigenvalue weighted by molar-refractivity contribution is 5.79. The fourth-order valence-corrected chi connectivity index (χ4v) is 3.43. The van der Waals surface area contributed by atoms with Crippen molar-refractivity contribution in [2.24, 2.45) is 17.6 Å². The molecular weight excluding hydrogens is 200 g/mol. The van der Waals surface area contributed by atoms with E-state index < -0.39 is 0 Å². The Balaban J connectivity index is 1.94. The lowest BCUT2D eigenvalue weighted by Crippen LogP contribution is -2.43. The van der Waals surface area contributed by atoms with E-state index in [2.05, 4.69) is 0 Å². The molecule has 1 amide bonds. The molecule has 0 spiro atoms. The van der Waals surface area contributed by atoms with Crippen LogP contribution in [0.1, 0.15) is 44.9 Å². The second-order valence-electron chi connectivity index (χ2n) is 5.42. The molecule has 92 valence electrons. The van der Waals surface area contributed by atoms with Crippen LogP contribution in [0.15, 0.2) is 0 Å². The van der Waals surface area contributed by atoms with Gasteiger partial charge in [-0.3, -0.25) is 4.79 Å². The van der Waals surface area contributed by atoms with Crippen LogP contribution in [-0.4, -0.2) is 30.4 Å². The molecule has 0 bridgehead atoms. The average molecular weight is 224 g/mol. The number of hydrogen-bond donors (Lipinski definition) is 1. The number of hydrogen-bond acceptors (Lipinski definition) is 2. The average Bonchev–Trinajstić information content (AvgIpc) is 2.97. The lowest BCUT2D eigenvalue weighted by molar-refractivity contribution is -0.136. The van der Waals surface area contributed by atoms with Gasteiger partial charge < -0.3 is 10.6 Å². The van der Waals surface area contributed by atoms with E-state index in [4.69, 9.17) is 5.73 Å². The van der Waals surface area contributed by atoms with Gasteiger partial charge in [0.2, 0.25) is 5.91 Å². The van der Waals surface area contributed by atoms with Gasteiger partial charge >= 0.3 is 0 Å². The molecule has 2 unspecified atom stereocenters. The zero-order valence-electron chi connectivity index (χ0n) is 10.3. The summed E-state index contributed by atoms with van der Waals surface area (Å²) >= 11 is 0. The zero-order valence-corrected chi connectivity index (χ0v) is 10.3. The standard InChI is InChI=1S/C13H24N2O/c1-15(12-8-4-7-11(12)9-14)13(16)10-5-2-3-6-10/h10-12H,2-9,14H2,1H3. The van der Waals surface area contributed by atoms with Crippen LogP contribution < -0.4 is 5.73 Å². The molecule has 2 rings (SSSR count). The summed E-state index contributed by atoms with van der Waals surface area (Å²) < 4.78 is 0. The van der Waals surface area contributed by atoms with Gasteiger partial charge in [-0.25, -0.2) is 0 Å². The van der Waals surface area contributed by atoms with Gasteiger partial charge in [0.05, 0.1) is 0 Å². The van der Waals surface area contributed by atoms with Crippen LogP contribution >= 0.6 is 0 Å².